The normalized spacial score (nSPS) is 19.3. The second-order valence-corrected chi connectivity index (χ2v) is 7.26. The maximum Gasteiger partial charge on any atom is 0.120 e. The van der Waals surface area contributed by atoms with Crippen LogP contribution >= 0.6 is 23.2 Å². The molecule has 1 saturated carbocycles. The zero-order chi connectivity index (χ0) is 14.8. The van der Waals surface area contributed by atoms with Crippen LogP contribution in [0.2, 0.25) is 5.02 Å². The van der Waals surface area contributed by atoms with Gasteiger partial charge in [0.25, 0.3) is 0 Å². The Kier molecular flexibility index (Phi) is 5.25. The predicted octanol–water partition coefficient (Wildman–Crippen LogP) is 6.24. The molecule has 1 fully saturated rings. The van der Waals surface area contributed by atoms with Crippen LogP contribution in [0.5, 0.6) is 5.75 Å². The zero-order valence-corrected chi connectivity index (χ0v) is 14.1. The van der Waals surface area contributed by atoms with Gasteiger partial charge in [-0.05, 0) is 48.3 Å². The van der Waals surface area contributed by atoms with E-state index in [0.29, 0.717) is 5.92 Å². The van der Waals surface area contributed by atoms with Crippen molar-refractivity contribution in [2.24, 2.45) is 11.3 Å². The summed E-state index contributed by atoms with van der Waals surface area (Å²) >= 11 is 13.3. The second-order valence-electron chi connectivity index (χ2n) is 6.42. The first-order chi connectivity index (χ1) is 9.48. The van der Waals surface area contributed by atoms with E-state index in [9.17, 15) is 0 Å². The topological polar surface area (TPSA) is 9.23 Å². The summed E-state index contributed by atoms with van der Waals surface area (Å²) in [4.78, 5) is 0. The highest BCUT2D eigenvalue weighted by atomic mass is 35.5. The van der Waals surface area contributed by atoms with E-state index in [2.05, 4.69) is 13.8 Å². The number of benzene rings is 1. The summed E-state index contributed by atoms with van der Waals surface area (Å²) in [6.45, 7) is 4.55. The van der Waals surface area contributed by atoms with Crippen LogP contribution in [-0.4, -0.2) is 7.11 Å². The zero-order valence-electron chi connectivity index (χ0n) is 12.6. The molecule has 0 N–H and O–H groups in total. The van der Waals surface area contributed by atoms with Gasteiger partial charge in [-0.15, -0.1) is 11.6 Å². The Morgan fingerprint density at radius 3 is 2.40 bits per heavy atom. The molecule has 2 rings (SSSR count). The number of methoxy groups -OCH3 is 1. The van der Waals surface area contributed by atoms with Crippen molar-refractivity contribution in [2.75, 3.05) is 7.11 Å². The van der Waals surface area contributed by atoms with E-state index in [0.717, 1.165) is 16.3 Å². The van der Waals surface area contributed by atoms with Crippen molar-refractivity contribution < 1.29 is 4.74 Å². The van der Waals surface area contributed by atoms with E-state index in [-0.39, 0.29) is 10.8 Å². The molecule has 0 spiro atoms. The van der Waals surface area contributed by atoms with Crippen LogP contribution in [-0.2, 0) is 0 Å². The van der Waals surface area contributed by atoms with E-state index in [1.165, 1.54) is 32.1 Å². The maximum atomic E-state index is 6.89. The molecule has 1 unspecified atom stereocenters. The molecule has 0 bridgehead atoms. The van der Waals surface area contributed by atoms with E-state index in [1.54, 1.807) is 7.11 Å². The highest BCUT2D eigenvalue weighted by Crippen LogP contribution is 2.55. The molecule has 0 amide bonds. The van der Waals surface area contributed by atoms with Crippen LogP contribution in [0.4, 0.5) is 0 Å². The monoisotopic (exact) mass is 314 g/mol. The van der Waals surface area contributed by atoms with Crippen molar-refractivity contribution in [3.63, 3.8) is 0 Å². The van der Waals surface area contributed by atoms with Crippen LogP contribution in [0.1, 0.15) is 56.9 Å². The molecule has 1 aliphatic carbocycles. The molecule has 1 atom stereocenters. The summed E-state index contributed by atoms with van der Waals surface area (Å²) in [5, 5.41) is 0.713. The van der Waals surface area contributed by atoms with Crippen molar-refractivity contribution in [1.29, 1.82) is 0 Å². The van der Waals surface area contributed by atoms with Gasteiger partial charge in [0, 0.05) is 5.02 Å². The van der Waals surface area contributed by atoms with Gasteiger partial charge in [-0.25, -0.2) is 0 Å². The molecule has 1 aromatic carbocycles. The molecule has 3 heteroatoms. The maximum absolute atomic E-state index is 6.89. The first-order valence-corrected chi connectivity index (χ1v) is 8.27. The number of hydrogen-bond donors (Lipinski definition) is 0. The third kappa shape index (κ3) is 3.26. The van der Waals surface area contributed by atoms with Crippen molar-refractivity contribution >= 4 is 23.2 Å². The number of halogens is 2. The highest BCUT2D eigenvalue weighted by Gasteiger charge is 2.42. The van der Waals surface area contributed by atoms with E-state index >= 15 is 0 Å². The van der Waals surface area contributed by atoms with Gasteiger partial charge < -0.3 is 4.74 Å². The molecular weight excluding hydrogens is 291 g/mol. The lowest BCUT2D eigenvalue weighted by molar-refractivity contribution is 0.223. The molecule has 1 nitrogen and oxygen atoms in total. The number of alkyl halides is 1. The van der Waals surface area contributed by atoms with E-state index in [4.69, 9.17) is 27.9 Å². The van der Waals surface area contributed by atoms with Crippen LogP contribution in [0.25, 0.3) is 0 Å². The predicted molar refractivity (Wildman–Crippen MR) is 87.0 cm³/mol. The first-order valence-electron chi connectivity index (χ1n) is 7.46. The largest absolute Gasteiger partial charge is 0.497 e. The number of hydrogen-bond acceptors (Lipinski definition) is 1. The summed E-state index contributed by atoms with van der Waals surface area (Å²) in [7, 11) is 1.65. The fraction of sp³-hybridized carbons (Fsp3) is 0.647. The Bertz CT molecular complexity index is 450. The van der Waals surface area contributed by atoms with Gasteiger partial charge in [0.15, 0.2) is 0 Å². The van der Waals surface area contributed by atoms with Crippen molar-refractivity contribution in [3.8, 4) is 5.75 Å². The molecule has 1 aliphatic rings. The Labute approximate surface area is 132 Å². The van der Waals surface area contributed by atoms with Gasteiger partial charge in [-0.3, -0.25) is 0 Å². The van der Waals surface area contributed by atoms with Gasteiger partial charge in [-0.2, -0.15) is 0 Å². The third-order valence-electron chi connectivity index (χ3n) is 4.43. The quantitative estimate of drug-likeness (QED) is 0.585. The molecule has 0 aromatic heterocycles. The third-order valence-corrected chi connectivity index (χ3v) is 5.46. The molecule has 0 aliphatic heterocycles. The fourth-order valence-corrected chi connectivity index (χ4v) is 4.46. The molecule has 20 heavy (non-hydrogen) atoms. The van der Waals surface area contributed by atoms with E-state index in [1.807, 2.05) is 18.2 Å². The number of rotatable bonds is 5. The standard InChI is InChI=1S/C17H24Cl2O/c1-12(2)11-17(8-4-5-9-17)16(19)14-7-6-13(20-3)10-15(14)18/h6-7,10,12,16H,4-5,8-9,11H2,1-3H3. The Morgan fingerprint density at radius 2 is 1.90 bits per heavy atom. The average Bonchev–Trinajstić information content (AvgIpc) is 2.86. The molecule has 0 heterocycles. The SMILES string of the molecule is COc1ccc(C(Cl)C2(CC(C)C)CCCC2)c(Cl)c1. The lowest BCUT2D eigenvalue weighted by Gasteiger charge is -2.36. The van der Waals surface area contributed by atoms with Crippen LogP contribution < -0.4 is 4.74 Å². The minimum absolute atomic E-state index is 0.00851. The van der Waals surface area contributed by atoms with Crippen LogP contribution in [0.15, 0.2) is 18.2 Å². The molecule has 1 aromatic rings. The minimum Gasteiger partial charge on any atom is -0.497 e. The van der Waals surface area contributed by atoms with E-state index < -0.39 is 0 Å². The Hall–Kier alpha value is -0.400. The van der Waals surface area contributed by atoms with Crippen molar-refractivity contribution in [1.82, 2.24) is 0 Å². The lowest BCUT2D eigenvalue weighted by Crippen LogP contribution is -2.25. The fourth-order valence-electron chi connectivity index (χ4n) is 3.62. The van der Waals surface area contributed by atoms with Gasteiger partial charge in [0.1, 0.15) is 5.75 Å². The number of ether oxygens (including phenoxy) is 1. The summed E-state index contributed by atoms with van der Waals surface area (Å²) in [6.07, 6.45) is 6.15. The summed E-state index contributed by atoms with van der Waals surface area (Å²) in [6, 6.07) is 5.85. The molecule has 0 saturated heterocycles. The van der Waals surface area contributed by atoms with Gasteiger partial charge >= 0.3 is 0 Å². The average molecular weight is 315 g/mol. The molecule has 112 valence electrons. The van der Waals surface area contributed by atoms with Gasteiger partial charge in [0.05, 0.1) is 12.5 Å². The van der Waals surface area contributed by atoms with Crippen molar-refractivity contribution in [3.05, 3.63) is 28.8 Å². The first kappa shape index (κ1) is 16.0. The minimum atomic E-state index is -0.00851. The Balaban J connectivity index is 2.30. The van der Waals surface area contributed by atoms with Crippen LogP contribution in [0.3, 0.4) is 0 Å². The Morgan fingerprint density at radius 1 is 1.25 bits per heavy atom. The molecule has 0 radical (unpaired) electrons. The smallest absolute Gasteiger partial charge is 0.120 e. The summed E-state index contributed by atoms with van der Waals surface area (Å²) < 4.78 is 5.22. The molecular formula is C17H24Cl2O. The lowest BCUT2D eigenvalue weighted by atomic mass is 9.73. The second kappa shape index (κ2) is 6.58. The van der Waals surface area contributed by atoms with Crippen LogP contribution in [0, 0.1) is 11.3 Å². The highest BCUT2D eigenvalue weighted by molar-refractivity contribution is 6.33. The van der Waals surface area contributed by atoms with Crippen molar-refractivity contribution in [2.45, 2.75) is 51.3 Å². The summed E-state index contributed by atoms with van der Waals surface area (Å²) in [5.41, 5.74) is 1.25. The van der Waals surface area contributed by atoms with Gasteiger partial charge in [-0.1, -0.05) is 44.4 Å². The van der Waals surface area contributed by atoms with Gasteiger partial charge in [0.2, 0.25) is 0 Å². The summed E-state index contributed by atoms with van der Waals surface area (Å²) in [5.74, 6) is 1.44.